The Bertz CT molecular complexity index is 973. The molecule has 27 heavy (non-hydrogen) atoms. The number of nitrogens with zero attached hydrogens (tertiary/aromatic N) is 6. The van der Waals surface area contributed by atoms with Crippen LogP contribution < -0.4 is 10.2 Å². The average molecular weight is 377 g/mol. The van der Waals surface area contributed by atoms with E-state index in [0.29, 0.717) is 6.42 Å². The first-order valence-corrected chi connectivity index (χ1v) is 8.18. The minimum absolute atomic E-state index is 0.0235. The summed E-state index contributed by atoms with van der Waals surface area (Å²) in [5.74, 6) is -0.116. The molecule has 0 saturated carbocycles. The molecule has 1 atom stereocenters. The van der Waals surface area contributed by atoms with Gasteiger partial charge in [0.1, 0.15) is 17.4 Å². The van der Waals surface area contributed by atoms with E-state index in [0.717, 1.165) is 0 Å². The van der Waals surface area contributed by atoms with Crippen molar-refractivity contribution in [2.24, 2.45) is 0 Å². The number of amides is 1. The maximum Gasteiger partial charge on any atom is 0.408 e. The number of carbonyl (C=O) groups excluding carboxylic acids is 1. The number of halogens is 3. The molecule has 0 bridgehead atoms. The number of rotatable bonds is 3. The van der Waals surface area contributed by atoms with Gasteiger partial charge < -0.3 is 10.2 Å². The second kappa shape index (κ2) is 6.49. The van der Waals surface area contributed by atoms with Crippen molar-refractivity contribution in [2.75, 3.05) is 16.8 Å². The lowest BCUT2D eigenvalue weighted by atomic mass is 10.2. The summed E-state index contributed by atoms with van der Waals surface area (Å²) in [7, 11) is 0. The standard InChI is InChI=1S/C16H14F3N7O/c17-16(18,19)11-2-1-6-25(11)13-3-7-26-14(24-13)10(8-22-26)15(27)23-12-9-20-4-5-21-12/h3-5,7-9,11H,1-2,6H2,(H,21,23,27)/t11-/m1/s1. The fourth-order valence-electron chi connectivity index (χ4n) is 3.11. The van der Waals surface area contributed by atoms with Gasteiger partial charge in [0.15, 0.2) is 11.5 Å². The lowest BCUT2D eigenvalue weighted by molar-refractivity contribution is -0.146. The summed E-state index contributed by atoms with van der Waals surface area (Å²) in [5.41, 5.74) is 0.298. The van der Waals surface area contributed by atoms with Gasteiger partial charge in [-0.15, -0.1) is 0 Å². The van der Waals surface area contributed by atoms with E-state index in [1.54, 1.807) is 0 Å². The van der Waals surface area contributed by atoms with Crippen molar-refractivity contribution in [1.29, 1.82) is 0 Å². The molecule has 1 aliphatic rings. The monoisotopic (exact) mass is 377 g/mol. The summed E-state index contributed by atoms with van der Waals surface area (Å²) in [5, 5.41) is 6.59. The fraction of sp³-hybridized carbons (Fsp3) is 0.312. The molecule has 1 aliphatic heterocycles. The molecule has 0 radical (unpaired) electrons. The molecule has 1 amide bonds. The summed E-state index contributed by atoms with van der Waals surface area (Å²) >= 11 is 0. The topological polar surface area (TPSA) is 88.3 Å². The number of fused-ring (bicyclic) bond motifs is 1. The zero-order valence-electron chi connectivity index (χ0n) is 13.9. The Morgan fingerprint density at radius 2 is 2.11 bits per heavy atom. The fourth-order valence-corrected chi connectivity index (χ4v) is 3.11. The Kier molecular flexibility index (Phi) is 4.13. The van der Waals surface area contributed by atoms with Crippen LogP contribution in [-0.4, -0.2) is 49.2 Å². The van der Waals surface area contributed by atoms with Crippen LogP contribution in [0.25, 0.3) is 5.65 Å². The third kappa shape index (κ3) is 3.27. The number of hydrogen-bond acceptors (Lipinski definition) is 6. The Hall–Kier alpha value is -3.24. The van der Waals surface area contributed by atoms with Crippen LogP contribution in [0.4, 0.5) is 24.8 Å². The first kappa shape index (κ1) is 17.2. The van der Waals surface area contributed by atoms with Gasteiger partial charge >= 0.3 is 6.18 Å². The minimum Gasteiger partial charge on any atom is -0.344 e. The van der Waals surface area contributed by atoms with Crippen LogP contribution >= 0.6 is 0 Å². The summed E-state index contributed by atoms with van der Waals surface area (Å²) in [6, 6.07) is -0.110. The van der Waals surface area contributed by atoms with Gasteiger partial charge in [-0.2, -0.15) is 18.3 Å². The predicted octanol–water partition coefficient (Wildman–Crippen LogP) is 2.30. The van der Waals surface area contributed by atoms with Crippen LogP contribution in [0.15, 0.2) is 37.1 Å². The second-order valence-corrected chi connectivity index (χ2v) is 6.05. The van der Waals surface area contributed by atoms with Crippen molar-refractivity contribution in [1.82, 2.24) is 24.6 Å². The molecule has 3 aromatic rings. The summed E-state index contributed by atoms with van der Waals surface area (Å²) < 4.78 is 41.0. The molecule has 1 fully saturated rings. The maximum atomic E-state index is 13.2. The molecule has 4 rings (SSSR count). The molecular weight excluding hydrogens is 363 g/mol. The summed E-state index contributed by atoms with van der Waals surface area (Å²) in [4.78, 5) is 25.8. The van der Waals surface area contributed by atoms with Crippen LogP contribution in [0.5, 0.6) is 0 Å². The van der Waals surface area contributed by atoms with E-state index in [1.807, 2.05) is 0 Å². The average Bonchev–Trinajstić information content (AvgIpc) is 3.29. The van der Waals surface area contributed by atoms with Gasteiger partial charge in [-0.1, -0.05) is 0 Å². The quantitative estimate of drug-likeness (QED) is 0.754. The van der Waals surface area contributed by atoms with Crippen molar-refractivity contribution in [3.8, 4) is 0 Å². The van der Waals surface area contributed by atoms with Crippen LogP contribution in [0.1, 0.15) is 23.2 Å². The molecule has 0 spiro atoms. The molecule has 1 saturated heterocycles. The highest BCUT2D eigenvalue weighted by molar-refractivity contribution is 6.07. The van der Waals surface area contributed by atoms with E-state index in [-0.39, 0.29) is 35.8 Å². The number of hydrogen-bond donors (Lipinski definition) is 1. The van der Waals surface area contributed by atoms with E-state index in [4.69, 9.17) is 0 Å². The third-order valence-corrected chi connectivity index (χ3v) is 4.33. The molecule has 4 heterocycles. The Labute approximate surface area is 151 Å². The van der Waals surface area contributed by atoms with Crippen LogP contribution in [-0.2, 0) is 0 Å². The van der Waals surface area contributed by atoms with Crippen molar-refractivity contribution in [3.05, 3.63) is 42.6 Å². The number of anilines is 2. The van der Waals surface area contributed by atoms with Crippen LogP contribution in [0.2, 0.25) is 0 Å². The van der Waals surface area contributed by atoms with Crippen LogP contribution in [0, 0.1) is 0 Å². The normalized spacial score (nSPS) is 17.4. The molecule has 11 heteroatoms. The number of aromatic nitrogens is 5. The molecular formula is C16H14F3N7O. The van der Waals surface area contributed by atoms with Gasteiger partial charge in [0, 0.05) is 25.1 Å². The Morgan fingerprint density at radius 3 is 2.85 bits per heavy atom. The highest BCUT2D eigenvalue weighted by Gasteiger charge is 2.46. The second-order valence-electron chi connectivity index (χ2n) is 6.05. The van der Waals surface area contributed by atoms with Gasteiger partial charge in [-0.25, -0.2) is 14.5 Å². The van der Waals surface area contributed by atoms with Crippen molar-refractivity contribution >= 4 is 23.2 Å². The van der Waals surface area contributed by atoms with Gasteiger partial charge in [0.2, 0.25) is 0 Å². The maximum absolute atomic E-state index is 13.2. The zero-order valence-corrected chi connectivity index (χ0v) is 13.9. The van der Waals surface area contributed by atoms with E-state index in [9.17, 15) is 18.0 Å². The third-order valence-electron chi connectivity index (χ3n) is 4.33. The lowest BCUT2D eigenvalue weighted by Gasteiger charge is -2.27. The molecule has 1 N–H and O–H groups in total. The Morgan fingerprint density at radius 1 is 1.26 bits per heavy atom. The van der Waals surface area contributed by atoms with E-state index in [1.165, 1.54) is 46.5 Å². The summed E-state index contributed by atoms with van der Waals surface area (Å²) in [6.07, 6.45) is 3.17. The largest absolute Gasteiger partial charge is 0.408 e. The van der Waals surface area contributed by atoms with Crippen molar-refractivity contribution in [2.45, 2.75) is 25.1 Å². The molecule has 0 aromatic carbocycles. The van der Waals surface area contributed by atoms with E-state index >= 15 is 0 Å². The SMILES string of the molecule is O=C(Nc1cnccn1)c1cnn2ccc(N3CCC[C@@H]3C(F)(F)F)nc12. The van der Waals surface area contributed by atoms with Crippen molar-refractivity contribution < 1.29 is 18.0 Å². The molecule has 0 aliphatic carbocycles. The van der Waals surface area contributed by atoms with Gasteiger partial charge in [0.05, 0.1) is 12.4 Å². The van der Waals surface area contributed by atoms with Crippen molar-refractivity contribution in [3.63, 3.8) is 0 Å². The zero-order chi connectivity index (χ0) is 19.0. The van der Waals surface area contributed by atoms with Gasteiger partial charge in [-0.3, -0.25) is 9.78 Å². The van der Waals surface area contributed by atoms with E-state index < -0.39 is 18.1 Å². The van der Waals surface area contributed by atoms with Gasteiger partial charge in [-0.05, 0) is 18.9 Å². The predicted molar refractivity (Wildman–Crippen MR) is 89.4 cm³/mol. The van der Waals surface area contributed by atoms with Crippen LogP contribution in [0.3, 0.4) is 0 Å². The van der Waals surface area contributed by atoms with E-state index in [2.05, 4.69) is 25.4 Å². The number of nitrogens with one attached hydrogen (secondary N) is 1. The number of carbonyl (C=O) groups is 1. The molecule has 140 valence electrons. The highest BCUT2D eigenvalue weighted by atomic mass is 19.4. The highest BCUT2D eigenvalue weighted by Crippen LogP contribution is 2.35. The molecule has 8 nitrogen and oxygen atoms in total. The lowest BCUT2D eigenvalue weighted by Crippen LogP contribution is -2.41. The first-order valence-electron chi connectivity index (χ1n) is 8.18. The Balaban J connectivity index is 1.66. The summed E-state index contributed by atoms with van der Waals surface area (Å²) in [6.45, 7) is 0.253. The van der Waals surface area contributed by atoms with Gasteiger partial charge in [0.25, 0.3) is 5.91 Å². The smallest absolute Gasteiger partial charge is 0.344 e. The minimum atomic E-state index is -4.34. The first-order chi connectivity index (χ1) is 12.9. The molecule has 3 aromatic heterocycles. The number of alkyl halides is 3. The molecule has 0 unspecified atom stereocenters.